The number of anilines is 1. The number of ether oxygens (including phenoxy) is 1. The van der Waals surface area contributed by atoms with E-state index in [4.69, 9.17) is 15.5 Å². The lowest BCUT2D eigenvalue weighted by Gasteiger charge is -2.14. The van der Waals surface area contributed by atoms with Crippen LogP contribution in [0.1, 0.15) is 28.4 Å². The Bertz CT molecular complexity index is 1060. The predicted octanol–water partition coefficient (Wildman–Crippen LogP) is 4.24. The normalized spacial score (nSPS) is 11.7. The third-order valence-corrected chi connectivity index (χ3v) is 5.25. The highest BCUT2D eigenvalue weighted by atomic mass is 32.2. The summed E-state index contributed by atoms with van der Waals surface area (Å²) in [6.07, 6.45) is -0.303. The number of carboxylic acids is 1. The third-order valence-electron chi connectivity index (χ3n) is 4.48. The molecule has 0 amide bonds. The van der Waals surface area contributed by atoms with Gasteiger partial charge in [-0.3, -0.25) is 9.56 Å². The van der Waals surface area contributed by atoms with Crippen molar-refractivity contribution in [2.45, 2.75) is 31.8 Å². The van der Waals surface area contributed by atoms with Crippen LogP contribution in [-0.2, 0) is 4.84 Å². The maximum atomic E-state index is 11.2. The van der Waals surface area contributed by atoms with Crippen LogP contribution in [0.3, 0.4) is 0 Å². The van der Waals surface area contributed by atoms with Gasteiger partial charge in [-0.2, -0.15) is 4.98 Å². The van der Waals surface area contributed by atoms with Gasteiger partial charge >= 0.3 is 5.97 Å². The lowest BCUT2D eigenvalue weighted by atomic mass is 10.00. The quantitative estimate of drug-likeness (QED) is 0.331. The van der Waals surface area contributed by atoms with Crippen LogP contribution in [-0.4, -0.2) is 33.8 Å². The summed E-state index contributed by atoms with van der Waals surface area (Å²) in [7, 11) is 0. The van der Waals surface area contributed by atoms with Crippen molar-refractivity contribution in [1.29, 1.82) is 0 Å². The Morgan fingerprint density at radius 2 is 1.87 bits per heavy atom. The smallest absolute Gasteiger partial charge is 0.335 e. The monoisotopic (exact) mass is 440 g/mol. The number of carboxylic acid groups (broad SMARTS) is 1. The summed E-state index contributed by atoms with van der Waals surface area (Å²) < 4.78 is 8.84. The first-order valence-electron chi connectivity index (χ1n) is 9.57. The fourth-order valence-electron chi connectivity index (χ4n) is 2.93. The van der Waals surface area contributed by atoms with Gasteiger partial charge in [-0.05, 0) is 62.0 Å². The van der Waals surface area contributed by atoms with Crippen molar-refractivity contribution in [2.24, 2.45) is 5.90 Å². The standard InChI is InChI=1S/C22H24N4O4S/c1-13-6-4-7-14(2)20(13)18-11-19(29-12-15(3)30-23)25-22(24-18)26-31-17-9-5-8-16(10-17)21(27)28/h4-11,15H,12,23H2,1-3H3,(H,27,28)(H,24,25,26). The molecule has 0 bridgehead atoms. The van der Waals surface area contributed by atoms with Gasteiger partial charge in [0, 0.05) is 16.5 Å². The average Bonchev–Trinajstić information content (AvgIpc) is 2.76. The Morgan fingerprint density at radius 1 is 1.16 bits per heavy atom. The zero-order valence-corrected chi connectivity index (χ0v) is 18.3. The summed E-state index contributed by atoms with van der Waals surface area (Å²) in [5.41, 5.74) is 4.08. The number of aromatic nitrogens is 2. The molecule has 4 N–H and O–H groups in total. The third kappa shape index (κ3) is 5.94. The summed E-state index contributed by atoms with van der Waals surface area (Å²) in [5, 5.41) is 9.18. The first kappa shape index (κ1) is 22.5. The first-order chi connectivity index (χ1) is 14.9. The van der Waals surface area contributed by atoms with Gasteiger partial charge in [-0.25, -0.2) is 15.7 Å². The summed E-state index contributed by atoms with van der Waals surface area (Å²) in [5.74, 6) is 4.93. The Balaban J connectivity index is 1.91. The molecule has 3 rings (SSSR count). The number of nitrogens with two attached hydrogens (primary N) is 1. The Labute approximate surface area is 184 Å². The van der Waals surface area contributed by atoms with Crippen molar-refractivity contribution in [1.82, 2.24) is 9.97 Å². The second kappa shape index (κ2) is 10.3. The number of aromatic carboxylic acids is 1. The van der Waals surface area contributed by atoms with E-state index in [1.54, 1.807) is 31.2 Å². The molecule has 1 atom stereocenters. The lowest BCUT2D eigenvalue weighted by Crippen LogP contribution is -2.21. The number of hydrogen-bond donors (Lipinski definition) is 3. The molecule has 0 fully saturated rings. The van der Waals surface area contributed by atoms with Gasteiger partial charge in [0.2, 0.25) is 11.8 Å². The number of aryl methyl sites for hydroxylation is 2. The van der Waals surface area contributed by atoms with Gasteiger partial charge < -0.3 is 9.84 Å². The number of rotatable bonds is 9. The van der Waals surface area contributed by atoms with Crippen molar-refractivity contribution in [3.05, 3.63) is 65.2 Å². The molecule has 162 valence electrons. The molecule has 8 nitrogen and oxygen atoms in total. The minimum atomic E-state index is -0.984. The summed E-state index contributed by atoms with van der Waals surface area (Å²) in [6.45, 7) is 6.06. The van der Waals surface area contributed by atoms with Gasteiger partial charge in [0.05, 0.1) is 11.3 Å². The van der Waals surface area contributed by atoms with E-state index < -0.39 is 5.97 Å². The molecular formula is C22H24N4O4S. The lowest BCUT2D eigenvalue weighted by molar-refractivity contribution is 0.0307. The molecule has 0 radical (unpaired) electrons. The van der Waals surface area contributed by atoms with E-state index in [2.05, 4.69) is 14.7 Å². The topological polar surface area (TPSA) is 120 Å². The molecule has 0 saturated heterocycles. The summed E-state index contributed by atoms with van der Waals surface area (Å²) >= 11 is 1.22. The maximum Gasteiger partial charge on any atom is 0.335 e. The SMILES string of the molecule is Cc1cccc(C)c1-c1cc(OCC(C)ON)nc(NSc2cccc(C(=O)O)c2)n1. The number of benzene rings is 2. The van der Waals surface area contributed by atoms with Crippen LogP contribution in [0.4, 0.5) is 5.95 Å². The van der Waals surface area contributed by atoms with Gasteiger partial charge in [0.1, 0.15) is 12.7 Å². The van der Waals surface area contributed by atoms with Crippen LogP contribution >= 0.6 is 11.9 Å². The second-order valence-corrected chi connectivity index (χ2v) is 7.86. The van der Waals surface area contributed by atoms with Crippen LogP contribution in [0.25, 0.3) is 11.3 Å². The predicted molar refractivity (Wildman–Crippen MR) is 120 cm³/mol. The van der Waals surface area contributed by atoms with E-state index in [-0.39, 0.29) is 18.3 Å². The van der Waals surface area contributed by atoms with E-state index in [0.29, 0.717) is 22.4 Å². The van der Waals surface area contributed by atoms with Crippen LogP contribution in [0.2, 0.25) is 0 Å². The number of carbonyl (C=O) groups is 1. The van der Waals surface area contributed by atoms with Crippen molar-refractivity contribution in [3.63, 3.8) is 0 Å². The van der Waals surface area contributed by atoms with Crippen LogP contribution in [0, 0.1) is 13.8 Å². The fraction of sp³-hybridized carbons (Fsp3) is 0.227. The molecule has 0 aliphatic rings. The van der Waals surface area contributed by atoms with E-state index in [1.807, 2.05) is 32.0 Å². The molecule has 0 spiro atoms. The minimum Gasteiger partial charge on any atom is -0.478 e. The van der Waals surface area contributed by atoms with E-state index in [9.17, 15) is 9.90 Å². The fourth-order valence-corrected chi connectivity index (χ4v) is 3.56. The van der Waals surface area contributed by atoms with E-state index in [1.165, 1.54) is 18.0 Å². The van der Waals surface area contributed by atoms with Crippen molar-refractivity contribution in [2.75, 3.05) is 11.3 Å². The maximum absolute atomic E-state index is 11.2. The summed E-state index contributed by atoms with van der Waals surface area (Å²) in [4.78, 5) is 25.7. The number of nitrogens with one attached hydrogen (secondary N) is 1. The zero-order valence-electron chi connectivity index (χ0n) is 17.5. The van der Waals surface area contributed by atoms with E-state index in [0.717, 1.165) is 16.7 Å². The van der Waals surface area contributed by atoms with Crippen LogP contribution in [0.5, 0.6) is 5.88 Å². The highest BCUT2D eigenvalue weighted by molar-refractivity contribution is 8.00. The van der Waals surface area contributed by atoms with Crippen molar-refractivity contribution >= 4 is 23.9 Å². The van der Waals surface area contributed by atoms with Crippen molar-refractivity contribution < 1.29 is 19.5 Å². The van der Waals surface area contributed by atoms with Gasteiger partial charge in [-0.15, -0.1) is 0 Å². The Hall–Kier alpha value is -3.14. The molecule has 3 aromatic rings. The molecule has 31 heavy (non-hydrogen) atoms. The molecule has 9 heteroatoms. The number of nitrogens with zero attached hydrogens (tertiary/aromatic N) is 2. The molecule has 0 aliphatic carbocycles. The van der Waals surface area contributed by atoms with Crippen LogP contribution < -0.4 is 15.4 Å². The largest absolute Gasteiger partial charge is 0.478 e. The molecule has 2 aromatic carbocycles. The molecule has 0 aliphatic heterocycles. The van der Waals surface area contributed by atoms with Gasteiger partial charge in [-0.1, -0.05) is 24.3 Å². The molecule has 0 saturated carbocycles. The average molecular weight is 441 g/mol. The Morgan fingerprint density at radius 3 is 2.55 bits per heavy atom. The van der Waals surface area contributed by atoms with Crippen molar-refractivity contribution in [3.8, 4) is 17.1 Å². The molecule has 1 heterocycles. The zero-order chi connectivity index (χ0) is 22.4. The summed E-state index contributed by atoms with van der Waals surface area (Å²) in [6, 6.07) is 14.4. The Kier molecular flexibility index (Phi) is 7.45. The molecule has 1 aromatic heterocycles. The molecular weight excluding hydrogens is 416 g/mol. The van der Waals surface area contributed by atoms with Gasteiger partial charge in [0.25, 0.3) is 0 Å². The highest BCUT2D eigenvalue weighted by Crippen LogP contribution is 2.30. The second-order valence-electron chi connectivity index (χ2n) is 6.98. The van der Waals surface area contributed by atoms with Gasteiger partial charge in [0.15, 0.2) is 0 Å². The van der Waals surface area contributed by atoms with E-state index >= 15 is 0 Å². The number of hydrogen-bond acceptors (Lipinski definition) is 8. The van der Waals surface area contributed by atoms with Crippen LogP contribution in [0.15, 0.2) is 53.4 Å². The minimum absolute atomic E-state index is 0.205. The highest BCUT2D eigenvalue weighted by Gasteiger charge is 2.13. The first-order valence-corrected chi connectivity index (χ1v) is 10.4. The molecule has 1 unspecified atom stereocenters.